The number of rotatable bonds is 2. The number of carbonyl (C=O) groups is 1. The maximum absolute atomic E-state index is 13.1. The Morgan fingerprint density at radius 3 is 2.21 bits per heavy atom. The Morgan fingerprint density at radius 1 is 1.21 bits per heavy atom. The number of amides is 1. The predicted molar refractivity (Wildman–Crippen MR) is 65.7 cm³/mol. The predicted octanol–water partition coefficient (Wildman–Crippen LogP) is 3.21. The SMILES string of the molecule is O=C(C(F)Cl)N1CCC(c2cc(F)cc(F)c2)CC1. The third-order valence-corrected chi connectivity index (χ3v) is 3.54. The summed E-state index contributed by atoms with van der Waals surface area (Å²) >= 11 is 5.10. The summed E-state index contributed by atoms with van der Waals surface area (Å²) in [6, 6.07) is 3.42. The molecule has 104 valence electrons. The minimum atomic E-state index is -2.02. The molecule has 1 aliphatic rings. The molecule has 1 fully saturated rings. The minimum Gasteiger partial charge on any atom is -0.339 e. The van der Waals surface area contributed by atoms with Gasteiger partial charge in [-0.15, -0.1) is 0 Å². The van der Waals surface area contributed by atoms with Crippen LogP contribution in [0.5, 0.6) is 0 Å². The molecule has 6 heteroatoms. The number of carbonyl (C=O) groups excluding carboxylic acids is 1. The maximum Gasteiger partial charge on any atom is 0.272 e. The molecule has 1 atom stereocenters. The Hall–Kier alpha value is -1.23. The normalized spacial score (nSPS) is 18.4. The molecule has 2 rings (SSSR count). The Kier molecular flexibility index (Phi) is 4.34. The van der Waals surface area contributed by atoms with Gasteiger partial charge in [-0.3, -0.25) is 4.79 Å². The monoisotopic (exact) mass is 291 g/mol. The second-order valence-electron chi connectivity index (χ2n) is 4.60. The van der Waals surface area contributed by atoms with Gasteiger partial charge in [0, 0.05) is 19.2 Å². The summed E-state index contributed by atoms with van der Waals surface area (Å²) < 4.78 is 38.9. The van der Waals surface area contributed by atoms with E-state index in [4.69, 9.17) is 11.6 Å². The molecule has 0 aliphatic carbocycles. The number of alkyl halides is 2. The molecule has 0 spiro atoms. The Morgan fingerprint density at radius 2 is 1.74 bits per heavy atom. The highest BCUT2D eigenvalue weighted by atomic mass is 35.5. The van der Waals surface area contributed by atoms with Crippen molar-refractivity contribution >= 4 is 17.5 Å². The van der Waals surface area contributed by atoms with Gasteiger partial charge in [0.1, 0.15) is 11.6 Å². The number of piperidine rings is 1. The molecule has 19 heavy (non-hydrogen) atoms. The molecule has 2 nitrogen and oxygen atoms in total. The largest absolute Gasteiger partial charge is 0.339 e. The van der Waals surface area contributed by atoms with E-state index < -0.39 is 23.2 Å². The van der Waals surface area contributed by atoms with Gasteiger partial charge < -0.3 is 4.90 Å². The van der Waals surface area contributed by atoms with Crippen LogP contribution in [0.4, 0.5) is 13.2 Å². The summed E-state index contributed by atoms with van der Waals surface area (Å²) in [7, 11) is 0. The highest BCUT2D eigenvalue weighted by Gasteiger charge is 2.27. The quantitative estimate of drug-likeness (QED) is 0.766. The van der Waals surface area contributed by atoms with Gasteiger partial charge in [0.2, 0.25) is 0 Å². The zero-order chi connectivity index (χ0) is 14.0. The van der Waals surface area contributed by atoms with Crippen molar-refractivity contribution in [2.45, 2.75) is 24.4 Å². The van der Waals surface area contributed by atoms with E-state index in [1.807, 2.05) is 0 Å². The number of likely N-dealkylation sites (tertiary alicyclic amines) is 1. The number of halogens is 4. The van der Waals surface area contributed by atoms with Crippen molar-refractivity contribution in [1.29, 1.82) is 0 Å². The van der Waals surface area contributed by atoms with E-state index in [1.165, 1.54) is 17.0 Å². The molecule has 1 aliphatic heterocycles. The lowest BCUT2D eigenvalue weighted by Crippen LogP contribution is -2.40. The van der Waals surface area contributed by atoms with Gasteiger partial charge in [-0.2, -0.15) is 0 Å². The highest BCUT2D eigenvalue weighted by Crippen LogP contribution is 2.29. The molecule has 0 N–H and O–H groups in total. The summed E-state index contributed by atoms with van der Waals surface area (Å²) in [5.41, 5.74) is -1.45. The van der Waals surface area contributed by atoms with Crippen LogP contribution in [0.2, 0.25) is 0 Å². The molecular weight excluding hydrogens is 279 g/mol. The van der Waals surface area contributed by atoms with E-state index in [0.717, 1.165) is 6.07 Å². The number of hydrogen-bond acceptors (Lipinski definition) is 1. The van der Waals surface area contributed by atoms with Gasteiger partial charge in [-0.1, -0.05) is 11.6 Å². The lowest BCUT2D eigenvalue weighted by atomic mass is 9.89. The molecule has 0 bridgehead atoms. The van der Waals surface area contributed by atoms with Crippen molar-refractivity contribution in [3.63, 3.8) is 0 Å². The molecule has 0 aromatic heterocycles. The smallest absolute Gasteiger partial charge is 0.272 e. The van der Waals surface area contributed by atoms with E-state index in [2.05, 4.69) is 0 Å². The minimum absolute atomic E-state index is 0.0253. The molecule has 0 saturated carbocycles. The summed E-state index contributed by atoms with van der Waals surface area (Å²) in [4.78, 5) is 12.7. The van der Waals surface area contributed by atoms with Gasteiger partial charge >= 0.3 is 0 Å². The van der Waals surface area contributed by atoms with Crippen LogP contribution in [0.25, 0.3) is 0 Å². The number of nitrogens with zero attached hydrogens (tertiary/aromatic N) is 1. The zero-order valence-electron chi connectivity index (χ0n) is 10.1. The van der Waals surface area contributed by atoms with Gasteiger partial charge in [0.15, 0.2) is 0 Å². The Labute approximate surface area is 114 Å². The lowest BCUT2D eigenvalue weighted by Gasteiger charge is -2.32. The van der Waals surface area contributed by atoms with Crippen molar-refractivity contribution < 1.29 is 18.0 Å². The van der Waals surface area contributed by atoms with Crippen molar-refractivity contribution in [1.82, 2.24) is 4.90 Å². The summed E-state index contributed by atoms with van der Waals surface area (Å²) in [6.07, 6.45) is 1.08. The van der Waals surface area contributed by atoms with Crippen LogP contribution in [0.15, 0.2) is 18.2 Å². The van der Waals surface area contributed by atoms with E-state index in [9.17, 15) is 18.0 Å². The third kappa shape index (κ3) is 3.41. The van der Waals surface area contributed by atoms with Gasteiger partial charge in [-0.25, -0.2) is 13.2 Å². The average Bonchev–Trinajstić information content (AvgIpc) is 2.37. The second kappa shape index (κ2) is 5.82. The standard InChI is InChI=1S/C13H13ClF3NO/c14-12(17)13(19)18-3-1-8(2-4-18)9-5-10(15)7-11(16)6-9/h5-8,12H,1-4H2. The molecular formula is C13H13ClF3NO. The topological polar surface area (TPSA) is 20.3 Å². The molecule has 1 heterocycles. The van der Waals surface area contributed by atoms with Crippen LogP contribution in [0, 0.1) is 11.6 Å². The number of benzene rings is 1. The summed E-state index contributed by atoms with van der Waals surface area (Å²) in [5, 5.41) is 0. The highest BCUT2D eigenvalue weighted by molar-refractivity contribution is 6.29. The zero-order valence-corrected chi connectivity index (χ0v) is 10.8. The molecule has 1 aromatic rings. The van der Waals surface area contributed by atoms with E-state index in [-0.39, 0.29) is 5.92 Å². The van der Waals surface area contributed by atoms with Crippen molar-refractivity contribution in [3.05, 3.63) is 35.4 Å². The van der Waals surface area contributed by atoms with Crippen LogP contribution in [-0.4, -0.2) is 29.5 Å². The van der Waals surface area contributed by atoms with Crippen molar-refractivity contribution in [2.75, 3.05) is 13.1 Å². The van der Waals surface area contributed by atoms with Crippen LogP contribution >= 0.6 is 11.6 Å². The van der Waals surface area contributed by atoms with E-state index >= 15 is 0 Å². The van der Waals surface area contributed by atoms with E-state index in [0.29, 0.717) is 31.5 Å². The first-order valence-corrected chi connectivity index (χ1v) is 6.44. The fourth-order valence-electron chi connectivity index (χ4n) is 2.38. The Balaban J connectivity index is 2.01. The fourth-order valence-corrected chi connectivity index (χ4v) is 2.52. The Bertz CT molecular complexity index is 453. The molecule has 0 radical (unpaired) electrons. The second-order valence-corrected chi connectivity index (χ2v) is 4.99. The van der Waals surface area contributed by atoms with Gasteiger partial charge in [-0.05, 0) is 36.5 Å². The molecule has 1 unspecified atom stereocenters. The van der Waals surface area contributed by atoms with Crippen LogP contribution in [-0.2, 0) is 4.79 Å². The summed E-state index contributed by atoms with van der Waals surface area (Å²) in [5.74, 6) is -2.00. The average molecular weight is 292 g/mol. The van der Waals surface area contributed by atoms with Crippen molar-refractivity contribution in [2.24, 2.45) is 0 Å². The first kappa shape index (κ1) is 14.2. The van der Waals surface area contributed by atoms with Crippen LogP contribution < -0.4 is 0 Å². The fraction of sp³-hybridized carbons (Fsp3) is 0.462. The maximum atomic E-state index is 13.1. The third-order valence-electron chi connectivity index (χ3n) is 3.35. The lowest BCUT2D eigenvalue weighted by molar-refractivity contribution is -0.134. The van der Waals surface area contributed by atoms with Crippen LogP contribution in [0.1, 0.15) is 24.3 Å². The van der Waals surface area contributed by atoms with Gasteiger partial charge in [0.05, 0.1) is 0 Å². The van der Waals surface area contributed by atoms with Crippen molar-refractivity contribution in [3.8, 4) is 0 Å². The summed E-state index contributed by atoms with van der Waals surface area (Å²) in [6.45, 7) is 0.684. The first-order valence-electron chi connectivity index (χ1n) is 6.00. The van der Waals surface area contributed by atoms with Crippen LogP contribution in [0.3, 0.4) is 0 Å². The number of hydrogen-bond donors (Lipinski definition) is 0. The molecule has 1 amide bonds. The molecule has 1 aromatic carbocycles. The molecule has 1 saturated heterocycles. The first-order chi connectivity index (χ1) is 8.97. The van der Waals surface area contributed by atoms with E-state index in [1.54, 1.807) is 0 Å². The van der Waals surface area contributed by atoms with Gasteiger partial charge in [0.25, 0.3) is 11.5 Å².